The molecule has 0 saturated carbocycles. The van der Waals surface area contributed by atoms with Gasteiger partial charge in [-0.1, -0.05) is 97.3 Å². The molecule has 0 radical (unpaired) electrons. The second-order valence-electron chi connectivity index (χ2n) is 12.0. The molecule has 1 unspecified atom stereocenters. The first-order chi connectivity index (χ1) is 19.4. The van der Waals surface area contributed by atoms with Crippen LogP contribution in [0.15, 0.2) is 30.5 Å². The summed E-state index contributed by atoms with van der Waals surface area (Å²) in [6.07, 6.45) is 24.9. The largest absolute Gasteiger partial charge is 0.548 e. The molecule has 1 heterocycles. The Morgan fingerprint density at radius 1 is 0.725 bits per heavy atom. The Morgan fingerprint density at radius 2 is 1.15 bits per heavy atom. The lowest BCUT2D eigenvalue weighted by molar-refractivity contribution is -0.929. The minimum Gasteiger partial charge on any atom is -0.548 e. The highest BCUT2D eigenvalue weighted by atomic mass is 16.4. The smallest absolute Gasteiger partial charge is 0.0786 e. The van der Waals surface area contributed by atoms with Crippen molar-refractivity contribution in [2.24, 2.45) is 5.73 Å². The lowest BCUT2D eigenvalue weighted by Gasteiger charge is -2.39. The number of quaternary nitrogens is 1. The maximum Gasteiger partial charge on any atom is 0.0786 e. The van der Waals surface area contributed by atoms with E-state index in [-0.39, 0.29) is 6.42 Å². The van der Waals surface area contributed by atoms with Gasteiger partial charge in [0, 0.05) is 23.1 Å². The van der Waals surface area contributed by atoms with Gasteiger partial charge < -0.3 is 25.1 Å². The maximum absolute atomic E-state index is 10.5. The monoisotopic (exact) mass is 557 g/mol. The fourth-order valence-corrected chi connectivity index (χ4v) is 5.79. The number of hydrogen-bond donors (Lipinski definition) is 2. The van der Waals surface area contributed by atoms with Crippen LogP contribution in [0.5, 0.6) is 0 Å². The minimum atomic E-state index is -1.22. The molecule has 3 N–H and O–H groups in total. The molecule has 5 nitrogen and oxygen atoms in total. The first-order valence-corrected chi connectivity index (χ1v) is 16.8. The zero-order chi connectivity index (χ0) is 29.5. The normalized spacial score (nSPS) is 12.3. The molecule has 0 aliphatic heterocycles. The number of carboxylic acids is 1. The molecule has 0 spiro atoms. The molecule has 2 aromatic rings. The molecular weight excluding hydrogens is 494 g/mol. The molecule has 0 aliphatic carbocycles. The van der Waals surface area contributed by atoms with Gasteiger partial charge in [-0.2, -0.15) is 0 Å². The van der Waals surface area contributed by atoms with Crippen molar-refractivity contribution in [3.05, 3.63) is 36.0 Å². The average molecular weight is 558 g/mol. The first kappa shape index (κ1) is 36.2. The summed E-state index contributed by atoms with van der Waals surface area (Å²) in [6, 6.07) is 6.74. The highest BCUT2D eigenvalue weighted by Gasteiger charge is 2.25. The Hall–Kier alpha value is -1.85. The molecule has 40 heavy (non-hydrogen) atoms. The summed E-state index contributed by atoms with van der Waals surface area (Å²) >= 11 is 0. The predicted molar refractivity (Wildman–Crippen MR) is 171 cm³/mol. The number of nitrogens with two attached hydrogens (primary N) is 1. The topological polar surface area (TPSA) is 81.9 Å². The van der Waals surface area contributed by atoms with Gasteiger partial charge in [0.15, 0.2) is 0 Å². The van der Waals surface area contributed by atoms with Gasteiger partial charge in [-0.3, -0.25) is 0 Å². The number of carbonyl (C=O) groups is 1. The third-order valence-electron chi connectivity index (χ3n) is 8.36. The molecule has 1 atom stereocenters. The Morgan fingerprint density at radius 3 is 1.55 bits per heavy atom. The van der Waals surface area contributed by atoms with E-state index in [0.29, 0.717) is 0 Å². The number of aliphatic carboxylic acids is 1. The van der Waals surface area contributed by atoms with Crippen LogP contribution in [0, 0.1) is 0 Å². The van der Waals surface area contributed by atoms with Crippen molar-refractivity contribution in [2.75, 3.05) is 26.2 Å². The highest BCUT2D eigenvalue weighted by molar-refractivity contribution is 5.84. The number of nitrogens with zero attached hydrogens (tertiary/aromatic N) is 1. The summed E-state index contributed by atoms with van der Waals surface area (Å²) < 4.78 is 1.46. The number of carboxylic acid groups (broad SMARTS) is 1. The number of H-pyrrole nitrogens is 1. The summed E-state index contributed by atoms with van der Waals surface area (Å²) in [7, 11) is 0. The van der Waals surface area contributed by atoms with Crippen molar-refractivity contribution in [2.45, 2.75) is 143 Å². The Bertz CT molecular complexity index is 825. The third kappa shape index (κ3) is 15.2. The Balaban J connectivity index is 0.000000448. The van der Waals surface area contributed by atoms with E-state index in [1.807, 2.05) is 24.3 Å². The summed E-state index contributed by atoms with van der Waals surface area (Å²) in [6.45, 7) is 15.2. The van der Waals surface area contributed by atoms with Crippen molar-refractivity contribution in [3.63, 3.8) is 0 Å². The lowest BCUT2D eigenvalue weighted by atomic mass is 10.1. The molecule has 1 aromatic heterocycles. The van der Waals surface area contributed by atoms with E-state index in [2.05, 4.69) is 32.7 Å². The van der Waals surface area contributed by atoms with Crippen molar-refractivity contribution in [1.29, 1.82) is 0 Å². The highest BCUT2D eigenvalue weighted by Crippen LogP contribution is 2.20. The number of para-hydroxylation sites is 1. The molecule has 0 bridgehead atoms. The molecule has 0 saturated heterocycles. The molecular formula is C35H63N3O2. The molecule has 0 fully saturated rings. The number of aromatic nitrogens is 1. The standard InChI is InChI=1S/C24H52N.C11H12N2O2/c1-5-9-13-17-21-25(22-18-14-10-6-2,23-19-15-11-7-3)24-20-16-12-8-4;12-9(11(14)15)5-7-6-13-10-4-2-1-3-8(7)10/h5-24H2,1-4H3;1-4,6,9,13H,5,12H2,(H,14,15)/q+1;/p-1. The zero-order valence-electron chi connectivity index (χ0n) is 26.7. The molecule has 230 valence electrons. The van der Waals surface area contributed by atoms with Crippen molar-refractivity contribution < 1.29 is 14.4 Å². The fourth-order valence-electron chi connectivity index (χ4n) is 5.79. The summed E-state index contributed by atoms with van der Waals surface area (Å²) in [5.74, 6) is -1.22. The maximum atomic E-state index is 10.5. The molecule has 5 heteroatoms. The summed E-state index contributed by atoms with van der Waals surface area (Å²) in [5, 5.41) is 11.5. The number of nitrogens with one attached hydrogen (secondary N) is 1. The van der Waals surface area contributed by atoms with Gasteiger partial charge in [0.25, 0.3) is 0 Å². The summed E-state index contributed by atoms with van der Waals surface area (Å²) in [5.41, 5.74) is 7.31. The first-order valence-electron chi connectivity index (χ1n) is 16.8. The van der Waals surface area contributed by atoms with E-state index in [9.17, 15) is 9.90 Å². The van der Waals surface area contributed by atoms with Crippen molar-refractivity contribution in [1.82, 2.24) is 4.98 Å². The van der Waals surface area contributed by atoms with E-state index in [0.717, 1.165) is 16.5 Å². The van der Waals surface area contributed by atoms with Gasteiger partial charge in [0.2, 0.25) is 0 Å². The number of rotatable bonds is 23. The Labute approximate surface area is 246 Å². The van der Waals surface area contributed by atoms with Crippen molar-refractivity contribution >= 4 is 16.9 Å². The second kappa shape index (κ2) is 22.8. The van der Waals surface area contributed by atoms with Crippen LogP contribution in [-0.2, 0) is 11.2 Å². The van der Waals surface area contributed by atoms with Gasteiger partial charge in [-0.25, -0.2) is 0 Å². The van der Waals surface area contributed by atoms with Gasteiger partial charge in [-0.05, 0) is 69.4 Å². The summed E-state index contributed by atoms with van der Waals surface area (Å²) in [4.78, 5) is 13.6. The van der Waals surface area contributed by atoms with E-state index in [1.165, 1.54) is 133 Å². The lowest BCUT2D eigenvalue weighted by Crippen LogP contribution is -2.50. The Kier molecular flexibility index (Phi) is 20.6. The van der Waals surface area contributed by atoms with Gasteiger partial charge in [0.1, 0.15) is 0 Å². The number of unbranched alkanes of at least 4 members (excludes halogenated alkanes) is 12. The molecule has 1 aromatic carbocycles. The average Bonchev–Trinajstić information content (AvgIpc) is 3.37. The zero-order valence-corrected chi connectivity index (χ0v) is 26.7. The number of aromatic amines is 1. The van der Waals surface area contributed by atoms with E-state index in [1.54, 1.807) is 6.20 Å². The molecule has 0 aliphatic rings. The minimum absolute atomic E-state index is 0.284. The number of fused-ring (bicyclic) bond motifs is 1. The SMILES string of the molecule is CCCCCC[N+](CCCCCC)(CCCCCC)CCCCCC.NC(Cc1c[nH]c2ccccc12)C(=O)[O-]. The molecule has 2 rings (SSSR count). The number of benzene rings is 1. The van der Waals surface area contributed by atoms with Crippen LogP contribution in [0.2, 0.25) is 0 Å². The molecule has 0 amide bonds. The van der Waals surface area contributed by atoms with E-state index >= 15 is 0 Å². The van der Waals surface area contributed by atoms with E-state index in [4.69, 9.17) is 5.73 Å². The van der Waals surface area contributed by atoms with Gasteiger partial charge >= 0.3 is 0 Å². The van der Waals surface area contributed by atoms with Crippen LogP contribution in [-0.4, -0.2) is 47.7 Å². The van der Waals surface area contributed by atoms with Crippen molar-refractivity contribution in [3.8, 4) is 0 Å². The van der Waals surface area contributed by atoms with Crippen LogP contribution >= 0.6 is 0 Å². The van der Waals surface area contributed by atoms with Crippen LogP contribution < -0.4 is 10.8 Å². The van der Waals surface area contributed by atoms with Crippen LogP contribution in [0.4, 0.5) is 0 Å². The van der Waals surface area contributed by atoms with Gasteiger partial charge in [-0.15, -0.1) is 0 Å². The third-order valence-corrected chi connectivity index (χ3v) is 8.36. The van der Waals surface area contributed by atoms with Crippen LogP contribution in [0.1, 0.15) is 136 Å². The quantitative estimate of drug-likeness (QED) is 0.108. The fraction of sp³-hybridized carbons (Fsp3) is 0.743. The van der Waals surface area contributed by atoms with E-state index < -0.39 is 12.0 Å². The predicted octanol–water partition coefficient (Wildman–Crippen LogP) is 7.91. The van der Waals surface area contributed by atoms with Gasteiger partial charge in [0.05, 0.1) is 32.1 Å². The van der Waals surface area contributed by atoms with Crippen LogP contribution in [0.3, 0.4) is 0 Å². The second-order valence-corrected chi connectivity index (χ2v) is 12.0. The number of hydrogen-bond acceptors (Lipinski definition) is 3. The van der Waals surface area contributed by atoms with Crippen LogP contribution in [0.25, 0.3) is 10.9 Å². The number of carbonyl (C=O) groups excluding carboxylic acids is 1.